The maximum atomic E-state index is 12.5. The lowest BCUT2D eigenvalue weighted by atomic mass is 10.1. The van der Waals surface area contributed by atoms with Crippen LogP contribution in [0.25, 0.3) is 11.0 Å². The second-order valence-electron chi connectivity index (χ2n) is 5.40. The van der Waals surface area contributed by atoms with Gasteiger partial charge in [0.05, 0.1) is 16.7 Å². The van der Waals surface area contributed by atoms with Gasteiger partial charge in [-0.1, -0.05) is 23.3 Å². The van der Waals surface area contributed by atoms with E-state index in [0.29, 0.717) is 21.8 Å². The number of imide groups is 1. The van der Waals surface area contributed by atoms with Crippen LogP contribution in [0.1, 0.15) is 36.8 Å². The van der Waals surface area contributed by atoms with Crippen LogP contribution in [-0.4, -0.2) is 22.8 Å². The summed E-state index contributed by atoms with van der Waals surface area (Å²) in [6.45, 7) is 1.76. The molecule has 3 aromatic rings. The van der Waals surface area contributed by atoms with Gasteiger partial charge in [-0.15, -0.1) is 0 Å². The summed E-state index contributed by atoms with van der Waals surface area (Å²) in [6.07, 6.45) is 0. The van der Waals surface area contributed by atoms with E-state index in [0.717, 1.165) is 0 Å². The standard InChI is InChI=1S/C18H11NO5/c1-10-9-14-13(7-4-8-15(14)23-10)18(22)24-19-16(20)11-5-2-3-6-12(11)17(19)21/h2-9H,1H3. The Labute approximate surface area is 136 Å². The molecule has 0 saturated carbocycles. The van der Waals surface area contributed by atoms with E-state index < -0.39 is 17.8 Å². The van der Waals surface area contributed by atoms with E-state index in [9.17, 15) is 14.4 Å². The molecule has 0 aliphatic carbocycles. The third kappa shape index (κ3) is 2.00. The van der Waals surface area contributed by atoms with Gasteiger partial charge in [-0.05, 0) is 37.3 Å². The molecule has 6 heteroatoms. The number of hydroxylamine groups is 2. The lowest BCUT2D eigenvalue weighted by Crippen LogP contribution is -2.32. The fraction of sp³-hybridized carbons (Fsp3) is 0.0556. The van der Waals surface area contributed by atoms with Gasteiger partial charge in [0.15, 0.2) is 0 Å². The van der Waals surface area contributed by atoms with Crippen LogP contribution in [0, 0.1) is 6.92 Å². The summed E-state index contributed by atoms with van der Waals surface area (Å²) < 4.78 is 5.47. The van der Waals surface area contributed by atoms with Crippen molar-refractivity contribution in [1.82, 2.24) is 5.06 Å². The first-order chi connectivity index (χ1) is 11.6. The van der Waals surface area contributed by atoms with Crippen molar-refractivity contribution < 1.29 is 23.6 Å². The first-order valence-corrected chi connectivity index (χ1v) is 7.25. The highest BCUT2D eigenvalue weighted by Crippen LogP contribution is 2.26. The summed E-state index contributed by atoms with van der Waals surface area (Å²) >= 11 is 0. The molecule has 1 aliphatic rings. The molecular formula is C18H11NO5. The smallest absolute Gasteiger partial charge is 0.364 e. The van der Waals surface area contributed by atoms with Crippen molar-refractivity contribution in [2.75, 3.05) is 0 Å². The van der Waals surface area contributed by atoms with Gasteiger partial charge >= 0.3 is 5.97 Å². The normalized spacial score (nSPS) is 13.5. The lowest BCUT2D eigenvalue weighted by Gasteiger charge is -2.12. The molecule has 1 aliphatic heterocycles. The van der Waals surface area contributed by atoms with Crippen LogP contribution in [0.3, 0.4) is 0 Å². The molecule has 0 radical (unpaired) electrons. The second-order valence-corrected chi connectivity index (χ2v) is 5.40. The van der Waals surface area contributed by atoms with Crippen LogP contribution in [-0.2, 0) is 4.84 Å². The van der Waals surface area contributed by atoms with Gasteiger partial charge in [0.2, 0.25) is 0 Å². The Morgan fingerprint density at radius 2 is 1.67 bits per heavy atom. The first-order valence-electron chi connectivity index (χ1n) is 7.25. The molecular weight excluding hydrogens is 310 g/mol. The third-order valence-corrected chi connectivity index (χ3v) is 3.84. The quantitative estimate of drug-likeness (QED) is 0.678. The molecule has 1 aromatic heterocycles. The zero-order chi connectivity index (χ0) is 16.8. The molecule has 0 atom stereocenters. The van der Waals surface area contributed by atoms with Gasteiger partial charge in [0.1, 0.15) is 11.3 Å². The highest BCUT2D eigenvalue weighted by Gasteiger charge is 2.39. The first kappa shape index (κ1) is 14.2. The van der Waals surface area contributed by atoms with Crippen LogP contribution < -0.4 is 0 Å². The predicted octanol–water partition coefficient (Wildman–Crippen LogP) is 3.11. The number of carbonyl (C=O) groups excluding carboxylic acids is 3. The molecule has 0 bridgehead atoms. The lowest BCUT2D eigenvalue weighted by molar-refractivity contribution is -0.0583. The number of hydrogen-bond acceptors (Lipinski definition) is 5. The van der Waals surface area contributed by atoms with Crippen molar-refractivity contribution in [3.05, 3.63) is 71.0 Å². The van der Waals surface area contributed by atoms with Crippen molar-refractivity contribution in [3.8, 4) is 0 Å². The summed E-state index contributed by atoms with van der Waals surface area (Å²) in [5, 5.41) is 1.07. The number of aryl methyl sites for hydroxylation is 1. The average molecular weight is 321 g/mol. The minimum Gasteiger partial charge on any atom is -0.461 e. The van der Waals surface area contributed by atoms with E-state index in [2.05, 4.69) is 0 Å². The molecule has 0 N–H and O–H groups in total. The Morgan fingerprint density at radius 1 is 1.00 bits per heavy atom. The maximum absolute atomic E-state index is 12.5. The van der Waals surface area contributed by atoms with Gasteiger partial charge < -0.3 is 9.25 Å². The van der Waals surface area contributed by atoms with Gasteiger partial charge in [0.25, 0.3) is 11.8 Å². The Morgan fingerprint density at radius 3 is 2.33 bits per heavy atom. The SMILES string of the molecule is Cc1cc2c(C(=O)ON3C(=O)c4ccccc4C3=O)cccc2o1. The summed E-state index contributed by atoms with van der Waals surface area (Å²) in [5.74, 6) is -1.46. The monoisotopic (exact) mass is 321 g/mol. The van der Waals surface area contributed by atoms with Crippen molar-refractivity contribution >= 4 is 28.8 Å². The minimum absolute atomic E-state index is 0.215. The van der Waals surface area contributed by atoms with E-state index in [1.807, 2.05) is 0 Å². The molecule has 6 nitrogen and oxygen atoms in total. The number of nitrogens with zero attached hydrogens (tertiary/aromatic N) is 1. The topological polar surface area (TPSA) is 76.8 Å². The number of benzene rings is 2. The molecule has 2 aromatic carbocycles. The van der Waals surface area contributed by atoms with Crippen molar-refractivity contribution in [1.29, 1.82) is 0 Å². The van der Waals surface area contributed by atoms with Crippen LogP contribution >= 0.6 is 0 Å². The Hall–Kier alpha value is -3.41. The molecule has 0 fully saturated rings. The second kappa shape index (κ2) is 5.06. The van der Waals surface area contributed by atoms with Gasteiger partial charge in [-0.25, -0.2) is 4.79 Å². The van der Waals surface area contributed by atoms with Gasteiger partial charge in [0, 0.05) is 5.39 Å². The molecule has 118 valence electrons. The number of hydrogen-bond donors (Lipinski definition) is 0. The fourth-order valence-corrected chi connectivity index (χ4v) is 2.75. The highest BCUT2D eigenvalue weighted by atomic mass is 16.7. The van der Waals surface area contributed by atoms with Crippen molar-refractivity contribution in [3.63, 3.8) is 0 Å². The summed E-state index contributed by atoms with van der Waals surface area (Å²) in [5.41, 5.74) is 1.19. The van der Waals surface area contributed by atoms with E-state index in [-0.39, 0.29) is 16.7 Å². The van der Waals surface area contributed by atoms with Gasteiger partial charge in [-0.2, -0.15) is 0 Å². The fourth-order valence-electron chi connectivity index (χ4n) is 2.75. The molecule has 2 heterocycles. The zero-order valence-electron chi connectivity index (χ0n) is 12.6. The molecule has 0 unspecified atom stereocenters. The Bertz CT molecular complexity index is 982. The predicted molar refractivity (Wildman–Crippen MR) is 83.3 cm³/mol. The number of furan rings is 1. The summed E-state index contributed by atoms with van der Waals surface area (Å²) in [7, 11) is 0. The molecule has 2 amide bonds. The van der Waals surface area contributed by atoms with Gasteiger partial charge in [-0.3, -0.25) is 9.59 Å². The molecule has 4 rings (SSSR count). The van der Waals surface area contributed by atoms with E-state index in [4.69, 9.17) is 9.25 Å². The van der Waals surface area contributed by atoms with Crippen LogP contribution in [0.4, 0.5) is 0 Å². The Balaban J connectivity index is 1.68. The molecule has 0 spiro atoms. The molecule has 24 heavy (non-hydrogen) atoms. The van der Waals surface area contributed by atoms with E-state index in [1.165, 1.54) is 12.1 Å². The number of carbonyl (C=O) groups is 3. The number of rotatable bonds is 2. The van der Waals surface area contributed by atoms with Crippen LogP contribution in [0.5, 0.6) is 0 Å². The largest absolute Gasteiger partial charge is 0.461 e. The van der Waals surface area contributed by atoms with Crippen molar-refractivity contribution in [2.24, 2.45) is 0 Å². The van der Waals surface area contributed by atoms with Crippen LogP contribution in [0.15, 0.2) is 52.9 Å². The van der Waals surface area contributed by atoms with E-state index >= 15 is 0 Å². The summed E-state index contributed by atoms with van der Waals surface area (Å²) in [6, 6.07) is 12.9. The Kier molecular flexibility index (Phi) is 2.99. The zero-order valence-corrected chi connectivity index (χ0v) is 12.6. The number of amides is 2. The van der Waals surface area contributed by atoms with Crippen LogP contribution in [0.2, 0.25) is 0 Å². The summed E-state index contributed by atoms with van der Waals surface area (Å²) in [4.78, 5) is 42.0. The average Bonchev–Trinajstić information content (AvgIpc) is 3.07. The maximum Gasteiger partial charge on any atom is 0.364 e. The van der Waals surface area contributed by atoms with Crippen molar-refractivity contribution in [2.45, 2.75) is 6.92 Å². The number of fused-ring (bicyclic) bond motifs is 2. The highest BCUT2D eigenvalue weighted by molar-refractivity contribution is 6.21. The molecule has 0 saturated heterocycles. The minimum atomic E-state index is -0.795. The van der Waals surface area contributed by atoms with E-state index in [1.54, 1.807) is 43.3 Å². The third-order valence-electron chi connectivity index (χ3n) is 3.84.